The number of hydrogen-bond acceptors (Lipinski definition) is 5. The quantitative estimate of drug-likeness (QED) is 0.361. The number of halogens is 1. The Balaban J connectivity index is 1.73. The Labute approximate surface area is 169 Å². The predicted molar refractivity (Wildman–Crippen MR) is 111 cm³/mol. The maximum atomic E-state index is 13.1. The summed E-state index contributed by atoms with van der Waals surface area (Å²) in [5.74, 6) is -0.105. The van der Waals surface area contributed by atoms with Gasteiger partial charge in [-0.15, -0.1) is 11.3 Å². The second-order valence-corrected chi connectivity index (χ2v) is 7.83. The molecule has 0 radical (unpaired) electrons. The van der Waals surface area contributed by atoms with Crippen molar-refractivity contribution >= 4 is 39.1 Å². The van der Waals surface area contributed by atoms with Crippen LogP contribution in [0.3, 0.4) is 0 Å². The van der Waals surface area contributed by atoms with E-state index in [2.05, 4.69) is 4.98 Å². The third-order valence-corrected chi connectivity index (χ3v) is 5.49. The van der Waals surface area contributed by atoms with Gasteiger partial charge in [0, 0.05) is 15.5 Å². The van der Waals surface area contributed by atoms with Crippen molar-refractivity contribution in [3.63, 3.8) is 0 Å². The van der Waals surface area contributed by atoms with Crippen LogP contribution in [0, 0.1) is 6.92 Å². The Morgan fingerprint density at radius 1 is 1.18 bits per heavy atom. The number of para-hydroxylation sites is 1. The number of fused-ring (bicyclic) bond motifs is 1. The van der Waals surface area contributed by atoms with Gasteiger partial charge in [0.15, 0.2) is 0 Å². The predicted octanol–water partition coefficient (Wildman–Crippen LogP) is 4.69. The zero-order chi connectivity index (χ0) is 19.7. The van der Waals surface area contributed by atoms with Crippen LogP contribution in [0.25, 0.3) is 21.3 Å². The average molecular weight is 411 g/mol. The molecule has 140 valence electrons. The van der Waals surface area contributed by atoms with Crippen LogP contribution >= 0.6 is 22.9 Å². The molecular weight excluding hydrogens is 396 g/mol. The van der Waals surface area contributed by atoms with E-state index in [9.17, 15) is 9.59 Å². The van der Waals surface area contributed by atoms with Gasteiger partial charge in [-0.05, 0) is 36.8 Å². The highest BCUT2D eigenvalue weighted by molar-refractivity contribution is 7.19. The summed E-state index contributed by atoms with van der Waals surface area (Å²) in [4.78, 5) is 31.3. The molecule has 4 aromatic rings. The third kappa shape index (κ3) is 3.56. The summed E-state index contributed by atoms with van der Waals surface area (Å²) in [6.07, 6.45) is 1.38. The first-order valence-electron chi connectivity index (χ1n) is 8.53. The molecule has 7 heteroatoms. The number of carbonyl (C=O) groups is 1. The highest BCUT2D eigenvalue weighted by atomic mass is 35.5. The first-order chi connectivity index (χ1) is 13.5. The Kier molecular flexibility index (Phi) is 4.98. The van der Waals surface area contributed by atoms with E-state index in [0.717, 1.165) is 16.0 Å². The average Bonchev–Trinajstić information content (AvgIpc) is 3.01. The molecule has 0 aliphatic rings. The Morgan fingerprint density at radius 3 is 2.71 bits per heavy atom. The lowest BCUT2D eigenvalue weighted by Gasteiger charge is -2.07. The first-order valence-corrected chi connectivity index (χ1v) is 9.72. The molecule has 0 saturated heterocycles. The van der Waals surface area contributed by atoms with Crippen molar-refractivity contribution in [1.82, 2.24) is 9.55 Å². The number of thiophene rings is 1. The summed E-state index contributed by atoms with van der Waals surface area (Å²) in [7, 11) is 0. The molecule has 0 aliphatic heterocycles. The number of aromatic nitrogens is 2. The van der Waals surface area contributed by atoms with Crippen molar-refractivity contribution in [2.45, 2.75) is 13.5 Å². The second-order valence-electron chi connectivity index (χ2n) is 6.19. The molecule has 0 fully saturated rings. The fraction of sp³-hybridized carbons (Fsp3) is 0.0952. The van der Waals surface area contributed by atoms with E-state index in [1.165, 1.54) is 22.2 Å². The fourth-order valence-corrected chi connectivity index (χ4v) is 4.23. The van der Waals surface area contributed by atoms with Crippen LogP contribution in [0.4, 0.5) is 0 Å². The highest BCUT2D eigenvalue weighted by Gasteiger charge is 2.18. The molecule has 0 spiro atoms. The van der Waals surface area contributed by atoms with Gasteiger partial charge in [0.05, 0.1) is 11.7 Å². The fourth-order valence-electron chi connectivity index (χ4n) is 3.03. The SMILES string of the molecule is Cc1sc2ncn(CC(=O)Oc3ccccc3)c(=O)c2c1-c1cccc(Cl)c1. The van der Waals surface area contributed by atoms with Gasteiger partial charge in [-0.1, -0.05) is 41.9 Å². The van der Waals surface area contributed by atoms with E-state index in [1.54, 1.807) is 30.3 Å². The Hall–Kier alpha value is -2.96. The topological polar surface area (TPSA) is 61.2 Å². The van der Waals surface area contributed by atoms with Crippen LogP contribution in [0.5, 0.6) is 5.75 Å². The molecule has 2 aromatic carbocycles. The summed E-state index contributed by atoms with van der Waals surface area (Å²) in [5, 5.41) is 1.08. The number of rotatable bonds is 4. The summed E-state index contributed by atoms with van der Waals surface area (Å²) < 4.78 is 6.55. The van der Waals surface area contributed by atoms with E-state index in [0.29, 0.717) is 21.0 Å². The molecule has 0 N–H and O–H groups in total. The van der Waals surface area contributed by atoms with E-state index in [-0.39, 0.29) is 12.1 Å². The lowest BCUT2D eigenvalue weighted by atomic mass is 10.0. The van der Waals surface area contributed by atoms with Gasteiger partial charge in [0.25, 0.3) is 5.56 Å². The van der Waals surface area contributed by atoms with Gasteiger partial charge in [0.1, 0.15) is 17.1 Å². The monoisotopic (exact) mass is 410 g/mol. The summed E-state index contributed by atoms with van der Waals surface area (Å²) in [6, 6.07) is 16.1. The van der Waals surface area contributed by atoms with Gasteiger partial charge in [-0.3, -0.25) is 9.36 Å². The molecule has 0 bridgehead atoms. The van der Waals surface area contributed by atoms with Crippen molar-refractivity contribution in [2.24, 2.45) is 0 Å². The van der Waals surface area contributed by atoms with Crippen LogP contribution in [-0.2, 0) is 11.3 Å². The summed E-state index contributed by atoms with van der Waals surface area (Å²) in [6.45, 7) is 1.72. The zero-order valence-corrected chi connectivity index (χ0v) is 16.5. The van der Waals surface area contributed by atoms with Gasteiger partial charge < -0.3 is 4.74 Å². The molecule has 2 aromatic heterocycles. The maximum absolute atomic E-state index is 13.1. The highest BCUT2D eigenvalue weighted by Crippen LogP contribution is 2.36. The Bertz CT molecular complexity index is 1230. The molecule has 5 nitrogen and oxygen atoms in total. The minimum atomic E-state index is -0.536. The zero-order valence-electron chi connectivity index (χ0n) is 14.9. The molecule has 0 atom stereocenters. The van der Waals surface area contributed by atoms with Gasteiger partial charge >= 0.3 is 5.97 Å². The van der Waals surface area contributed by atoms with Gasteiger partial charge in [0.2, 0.25) is 0 Å². The number of hydrogen-bond donors (Lipinski definition) is 0. The molecule has 0 unspecified atom stereocenters. The van der Waals surface area contributed by atoms with Crippen molar-refractivity contribution in [1.29, 1.82) is 0 Å². The smallest absolute Gasteiger partial charge is 0.331 e. The summed E-state index contributed by atoms with van der Waals surface area (Å²) >= 11 is 7.57. The van der Waals surface area contributed by atoms with Crippen LogP contribution in [0.2, 0.25) is 5.02 Å². The molecule has 4 rings (SSSR count). The standard InChI is InChI=1S/C21H15ClN2O3S/c1-13-18(14-6-5-7-15(22)10-14)19-20(28-13)23-12-24(21(19)26)11-17(25)27-16-8-3-2-4-9-16/h2-10,12H,11H2,1H3. The Morgan fingerprint density at radius 2 is 1.96 bits per heavy atom. The van der Waals surface area contributed by atoms with Crippen LogP contribution in [0.1, 0.15) is 4.88 Å². The minimum absolute atomic E-state index is 0.222. The largest absolute Gasteiger partial charge is 0.425 e. The number of ether oxygens (including phenoxy) is 1. The van der Waals surface area contributed by atoms with E-state index < -0.39 is 5.97 Å². The van der Waals surface area contributed by atoms with E-state index in [1.807, 2.05) is 31.2 Å². The van der Waals surface area contributed by atoms with Crippen molar-refractivity contribution in [3.8, 4) is 16.9 Å². The van der Waals surface area contributed by atoms with Crippen molar-refractivity contribution < 1.29 is 9.53 Å². The molecule has 0 saturated carbocycles. The van der Waals surface area contributed by atoms with Crippen LogP contribution in [0.15, 0.2) is 65.7 Å². The first kappa shape index (κ1) is 18.4. The normalized spacial score (nSPS) is 10.9. The molecule has 0 aliphatic carbocycles. The van der Waals surface area contributed by atoms with Crippen LogP contribution in [-0.4, -0.2) is 15.5 Å². The third-order valence-electron chi connectivity index (χ3n) is 4.24. The minimum Gasteiger partial charge on any atom is -0.425 e. The molecule has 0 amide bonds. The number of aryl methyl sites for hydroxylation is 1. The number of carbonyl (C=O) groups excluding carboxylic acids is 1. The lowest BCUT2D eigenvalue weighted by molar-refractivity contribution is -0.135. The summed E-state index contributed by atoms with van der Waals surface area (Å²) in [5.41, 5.74) is 1.36. The number of esters is 1. The van der Waals surface area contributed by atoms with Gasteiger partial charge in [-0.25, -0.2) is 9.78 Å². The van der Waals surface area contributed by atoms with Crippen LogP contribution < -0.4 is 10.3 Å². The van der Waals surface area contributed by atoms with E-state index >= 15 is 0 Å². The van der Waals surface area contributed by atoms with Crippen molar-refractivity contribution in [2.75, 3.05) is 0 Å². The van der Waals surface area contributed by atoms with Crippen molar-refractivity contribution in [3.05, 3.63) is 81.2 Å². The maximum Gasteiger partial charge on any atom is 0.331 e. The second kappa shape index (κ2) is 7.58. The molecule has 28 heavy (non-hydrogen) atoms. The van der Waals surface area contributed by atoms with E-state index in [4.69, 9.17) is 16.3 Å². The van der Waals surface area contributed by atoms with Gasteiger partial charge in [-0.2, -0.15) is 0 Å². The number of benzene rings is 2. The lowest BCUT2D eigenvalue weighted by Crippen LogP contribution is -2.26. The molecular formula is C21H15ClN2O3S. The molecule has 2 heterocycles. The number of nitrogens with zero attached hydrogens (tertiary/aromatic N) is 2.